The fourth-order valence-electron chi connectivity index (χ4n) is 3.23. The van der Waals surface area contributed by atoms with Crippen molar-refractivity contribution in [1.82, 2.24) is 0 Å². The minimum atomic E-state index is -0.860. The number of benzene rings is 2. The van der Waals surface area contributed by atoms with E-state index in [0.29, 0.717) is 0 Å². The summed E-state index contributed by atoms with van der Waals surface area (Å²) in [5.74, 6) is 0. The molecule has 19 heavy (non-hydrogen) atoms. The summed E-state index contributed by atoms with van der Waals surface area (Å²) >= 11 is 0. The van der Waals surface area contributed by atoms with Gasteiger partial charge in [0.15, 0.2) is 0 Å². The number of aryl methyl sites for hydroxylation is 3. The molecule has 1 atom stereocenters. The predicted molar refractivity (Wildman–Crippen MR) is 78.1 cm³/mol. The van der Waals surface area contributed by atoms with Gasteiger partial charge >= 0.3 is 0 Å². The molecule has 0 heterocycles. The summed E-state index contributed by atoms with van der Waals surface area (Å²) in [6.07, 6.45) is 1.61. The quantitative estimate of drug-likeness (QED) is 0.767. The molecule has 1 aliphatic rings. The molecule has 2 aromatic rings. The van der Waals surface area contributed by atoms with Crippen molar-refractivity contribution in [1.29, 1.82) is 0 Å². The van der Waals surface area contributed by atoms with Gasteiger partial charge in [-0.1, -0.05) is 29.8 Å². The number of aliphatic hydroxyl groups is 1. The van der Waals surface area contributed by atoms with Crippen molar-refractivity contribution >= 4 is 5.69 Å². The van der Waals surface area contributed by atoms with Crippen LogP contribution in [0.2, 0.25) is 0 Å². The molecule has 0 aromatic heterocycles. The molecule has 2 nitrogen and oxygen atoms in total. The van der Waals surface area contributed by atoms with E-state index in [2.05, 4.69) is 32.0 Å². The standard InChI is InChI=1S/C17H19NO/c1-11-3-5-15(12(2)9-11)17(19)8-7-13-10-14(18)4-6-16(13)17/h3-6,9-10,19H,7-8,18H2,1-2H3. The Hall–Kier alpha value is -1.80. The number of fused-ring (bicyclic) bond motifs is 1. The minimum absolute atomic E-state index is 0.732. The molecule has 1 aliphatic carbocycles. The van der Waals surface area contributed by atoms with Crippen molar-refractivity contribution in [2.45, 2.75) is 32.3 Å². The van der Waals surface area contributed by atoms with Crippen LogP contribution in [0.15, 0.2) is 36.4 Å². The number of hydrogen-bond donors (Lipinski definition) is 2. The van der Waals surface area contributed by atoms with Crippen LogP contribution >= 0.6 is 0 Å². The maximum absolute atomic E-state index is 11.1. The molecule has 0 fully saturated rings. The Morgan fingerprint density at radius 3 is 2.53 bits per heavy atom. The monoisotopic (exact) mass is 253 g/mol. The van der Waals surface area contributed by atoms with Gasteiger partial charge in [0, 0.05) is 5.69 Å². The molecule has 0 spiro atoms. The van der Waals surface area contributed by atoms with Gasteiger partial charge in [-0.3, -0.25) is 0 Å². The topological polar surface area (TPSA) is 46.2 Å². The Kier molecular flexibility index (Phi) is 2.64. The largest absolute Gasteiger partial charge is 0.399 e. The van der Waals surface area contributed by atoms with E-state index in [0.717, 1.165) is 35.2 Å². The highest BCUT2D eigenvalue weighted by Gasteiger charge is 2.39. The lowest BCUT2D eigenvalue weighted by Gasteiger charge is -2.27. The first kappa shape index (κ1) is 12.2. The van der Waals surface area contributed by atoms with E-state index in [9.17, 15) is 5.11 Å². The molecule has 0 amide bonds. The van der Waals surface area contributed by atoms with Crippen LogP contribution in [0.5, 0.6) is 0 Å². The second-order valence-corrected chi connectivity index (χ2v) is 5.60. The first-order valence-corrected chi connectivity index (χ1v) is 6.70. The van der Waals surface area contributed by atoms with Crippen LogP contribution in [0, 0.1) is 13.8 Å². The Morgan fingerprint density at radius 1 is 1.05 bits per heavy atom. The van der Waals surface area contributed by atoms with Gasteiger partial charge in [0.25, 0.3) is 0 Å². The van der Waals surface area contributed by atoms with Crippen molar-refractivity contribution in [2.24, 2.45) is 0 Å². The maximum atomic E-state index is 11.1. The first-order valence-electron chi connectivity index (χ1n) is 6.70. The average Bonchev–Trinajstić information content (AvgIpc) is 2.67. The molecule has 1 unspecified atom stereocenters. The molecule has 0 saturated carbocycles. The molecule has 3 N–H and O–H groups in total. The lowest BCUT2D eigenvalue weighted by molar-refractivity contribution is 0.0823. The van der Waals surface area contributed by atoms with Crippen LogP contribution in [-0.4, -0.2) is 5.11 Å². The maximum Gasteiger partial charge on any atom is 0.115 e. The summed E-state index contributed by atoms with van der Waals surface area (Å²) in [4.78, 5) is 0. The summed E-state index contributed by atoms with van der Waals surface area (Å²) in [5, 5.41) is 11.1. The molecular weight excluding hydrogens is 234 g/mol. The molecular formula is C17H19NO. The number of rotatable bonds is 1. The van der Waals surface area contributed by atoms with Crippen molar-refractivity contribution in [3.8, 4) is 0 Å². The minimum Gasteiger partial charge on any atom is -0.399 e. The lowest BCUT2D eigenvalue weighted by atomic mass is 9.84. The Labute approximate surface area is 113 Å². The van der Waals surface area contributed by atoms with Gasteiger partial charge in [0.1, 0.15) is 5.60 Å². The van der Waals surface area contributed by atoms with Gasteiger partial charge in [-0.05, 0) is 61.1 Å². The van der Waals surface area contributed by atoms with E-state index in [-0.39, 0.29) is 0 Å². The van der Waals surface area contributed by atoms with E-state index < -0.39 is 5.60 Å². The van der Waals surface area contributed by atoms with Crippen molar-refractivity contribution in [3.63, 3.8) is 0 Å². The van der Waals surface area contributed by atoms with Crippen LogP contribution in [0.4, 0.5) is 5.69 Å². The van der Waals surface area contributed by atoms with Crippen LogP contribution in [0.3, 0.4) is 0 Å². The molecule has 2 aromatic carbocycles. The number of anilines is 1. The van der Waals surface area contributed by atoms with Crippen molar-refractivity contribution in [2.75, 3.05) is 5.73 Å². The number of hydrogen-bond acceptors (Lipinski definition) is 2. The summed E-state index contributed by atoms with van der Waals surface area (Å²) in [7, 11) is 0. The van der Waals surface area contributed by atoms with Crippen molar-refractivity contribution in [3.05, 3.63) is 64.2 Å². The third kappa shape index (κ3) is 1.83. The fourth-order valence-corrected chi connectivity index (χ4v) is 3.23. The van der Waals surface area contributed by atoms with Crippen LogP contribution in [-0.2, 0) is 12.0 Å². The Bertz CT molecular complexity index is 648. The summed E-state index contributed by atoms with van der Waals surface area (Å²) in [5.41, 5.74) is 11.3. The smallest absolute Gasteiger partial charge is 0.115 e. The van der Waals surface area contributed by atoms with Gasteiger partial charge < -0.3 is 10.8 Å². The summed E-state index contributed by atoms with van der Waals surface area (Å²) in [6, 6.07) is 12.1. The van der Waals surface area contributed by atoms with Crippen LogP contribution in [0.25, 0.3) is 0 Å². The van der Waals surface area contributed by atoms with E-state index >= 15 is 0 Å². The molecule has 0 radical (unpaired) electrons. The van der Waals surface area contributed by atoms with E-state index in [1.165, 1.54) is 11.1 Å². The normalized spacial score (nSPS) is 21.4. The number of nitrogens with two attached hydrogens (primary N) is 1. The molecule has 0 bridgehead atoms. The highest BCUT2D eigenvalue weighted by molar-refractivity contribution is 5.53. The SMILES string of the molecule is Cc1ccc(C2(O)CCc3cc(N)ccc32)c(C)c1. The molecule has 2 heteroatoms. The van der Waals surface area contributed by atoms with E-state index in [1.807, 2.05) is 18.2 Å². The second-order valence-electron chi connectivity index (χ2n) is 5.60. The molecule has 0 aliphatic heterocycles. The van der Waals surface area contributed by atoms with Crippen molar-refractivity contribution < 1.29 is 5.11 Å². The predicted octanol–water partition coefficient (Wildman–Crippen LogP) is 3.07. The van der Waals surface area contributed by atoms with E-state index in [4.69, 9.17) is 5.73 Å². The van der Waals surface area contributed by atoms with Gasteiger partial charge in [-0.25, -0.2) is 0 Å². The molecule has 98 valence electrons. The molecule has 0 saturated heterocycles. The van der Waals surface area contributed by atoms with Crippen LogP contribution < -0.4 is 5.73 Å². The second kappa shape index (κ2) is 4.10. The Morgan fingerprint density at radius 2 is 1.79 bits per heavy atom. The summed E-state index contributed by atoms with van der Waals surface area (Å²) < 4.78 is 0. The first-order chi connectivity index (χ1) is 9.00. The lowest BCUT2D eigenvalue weighted by Crippen LogP contribution is -2.25. The van der Waals surface area contributed by atoms with Gasteiger partial charge in [0.2, 0.25) is 0 Å². The van der Waals surface area contributed by atoms with Crippen LogP contribution in [0.1, 0.15) is 34.2 Å². The third-order valence-corrected chi connectivity index (χ3v) is 4.16. The number of nitrogen functional groups attached to an aromatic ring is 1. The van der Waals surface area contributed by atoms with Gasteiger partial charge in [-0.2, -0.15) is 0 Å². The van der Waals surface area contributed by atoms with Gasteiger partial charge in [0.05, 0.1) is 0 Å². The zero-order chi connectivity index (χ0) is 13.6. The Balaban J connectivity index is 2.16. The molecule has 3 rings (SSSR count). The highest BCUT2D eigenvalue weighted by atomic mass is 16.3. The zero-order valence-corrected chi connectivity index (χ0v) is 11.4. The fraction of sp³-hybridized carbons (Fsp3) is 0.294. The van der Waals surface area contributed by atoms with E-state index in [1.54, 1.807) is 0 Å². The van der Waals surface area contributed by atoms with Gasteiger partial charge in [-0.15, -0.1) is 0 Å². The summed E-state index contributed by atoms with van der Waals surface area (Å²) in [6.45, 7) is 4.14. The average molecular weight is 253 g/mol. The third-order valence-electron chi connectivity index (χ3n) is 4.16. The zero-order valence-electron chi connectivity index (χ0n) is 11.4. The highest BCUT2D eigenvalue weighted by Crippen LogP contribution is 2.43.